The third kappa shape index (κ3) is 3.42. The Labute approximate surface area is 107 Å². The van der Waals surface area contributed by atoms with Crippen molar-refractivity contribution in [2.45, 2.75) is 19.4 Å². The summed E-state index contributed by atoms with van der Waals surface area (Å²) in [7, 11) is 1.80. The van der Waals surface area contributed by atoms with Gasteiger partial charge in [-0.15, -0.1) is 0 Å². The molecule has 0 N–H and O–H groups in total. The van der Waals surface area contributed by atoms with Gasteiger partial charge in [-0.2, -0.15) is 12.6 Å². The molecule has 1 amide bonds. The van der Waals surface area contributed by atoms with Gasteiger partial charge < -0.3 is 4.90 Å². The molecule has 0 saturated heterocycles. The molecule has 1 unspecified atom stereocenters. The molecule has 0 aliphatic carbocycles. The second-order valence-electron chi connectivity index (χ2n) is 3.71. The molecule has 1 aromatic rings. The fourth-order valence-corrected chi connectivity index (χ4v) is 1.87. The average molecular weight is 258 g/mol. The molecule has 1 rings (SSSR count). The Hall–Kier alpha value is -0.670. The zero-order valence-electron chi connectivity index (χ0n) is 9.48. The first kappa shape index (κ1) is 13.4. The predicted molar refractivity (Wildman–Crippen MR) is 71.1 cm³/mol. The highest BCUT2D eigenvalue weighted by molar-refractivity contribution is 7.80. The topological polar surface area (TPSA) is 20.3 Å². The Kier molecular flexibility index (Phi) is 5.16. The summed E-state index contributed by atoms with van der Waals surface area (Å²) in [5.74, 6) is 0.674. The van der Waals surface area contributed by atoms with Crippen LogP contribution in [0.2, 0.25) is 5.02 Å². The van der Waals surface area contributed by atoms with Crippen molar-refractivity contribution in [3.8, 4) is 0 Å². The molecule has 4 heteroatoms. The van der Waals surface area contributed by atoms with Crippen LogP contribution in [-0.4, -0.2) is 23.6 Å². The van der Waals surface area contributed by atoms with E-state index in [-0.39, 0.29) is 11.9 Å². The van der Waals surface area contributed by atoms with E-state index in [1.165, 1.54) is 0 Å². The van der Waals surface area contributed by atoms with Crippen molar-refractivity contribution in [1.82, 2.24) is 4.90 Å². The molecule has 0 aliphatic heterocycles. The van der Waals surface area contributed by atoms with Gasteiger partial charge in [0.1, 0.15) is 0 Å². The van der Waals surface area contributed by atoms with E-state index >= 15 is 0 Å². The van der Waals surface area contributed by atoms with Gasteiger partial charge in [0.05, 0.1) is 6.04 Å². The maximum absolute atomic E-state index is 11.7. The lowest BCUT2D eigenvalue weighted by molar-refractivity contribution is -0.131. The lowest BCUT2D eigenvalue weighted by Gasteiger charge is -2.25. The molecule has 0 heterocycles. The fraction of sp³-hybridized carbons (Fsp3) is 0.417. The van der Waals surface area contributed by atoms with E-state index in [9.17, 15) is 4.79 Å². The zero-order chi connectivity index (χ0) is 12.1. The molecule has 16 heavy (non-hydrogen) atoms. The average Bonchev–Trinajstić information content (AvgIpc) is 2.27. The van der Waals surface area contributed by atoms with Crippen molar-refractivity contribution >= 4 is 30.1 Å². The Bertz CT molecular complexity index is 370. The summed E-state index contributed by atoms with van der Waals surface area (Å²) >= 11 is 9.98. The molecular formula is C12H16ClNOS. The minimum atomic E-state index is 0.0334. The number of amides is 1. The second-order valence-corrected chi connectivity index (χ2v) is 4.59. The second kappa shape index (κ2) is 6.16. The standard InChI is InChI=1S/C12H16ClNOS/c1-9(14(2)12(15)6-7-16)10-4-3-5-11(13)8-10/h3-5,8-9,16H,6-7H2,1-2H3. The monoisotopic (exact) mass is 257 g/mol. The van der Waals surface area contributed by atoms with Crippen molar-refractivity contribution in [2.75, 3.05) is 12.8 Å². The quantitative estimate of drug-likeness (QED) is 0.822. The number of hydrogen-bond donors (Lipinski definition) is 1. The van der Waals surface area contributed by atoms with Crippen LogP contribution in [0.3, 0.4) is 0 Å². The highest BCUT2D eigenvalue weighted by Gasteiger charge is 2.16. The highest BCUT2D eigenvalue weighted by Crippen LogP contribution is 2.22. The van der Waals surface area contributed by atoms with E-state index in [2.05, 4.69) is 12.6 Å². The van der Waals surface area contributed by atoms with Crippen LogP contribution in [0.15, 0.2) is 24.3 Å². The van der Waals surface area contributed by atoms with E-state index in [0.717, 1.165) is 5.56 Å². The van der Waals surface area contributed by atoms with Crippen molar-refractivity contribution in [3.05, 3.63) is 34.9 Å². The van der Waals surface area contributed by atoms with Crippen molar-refractivity contribution in [3.63, 3.8) is 0 Å². The van der Waals surface area contributed by atoms with E-state index in [4.69, 9.17) is 11.6 Å². The summed E-state index contributed by atoms with van der Waals surface area (Å²) in [6, 6.07) is 7.61. The number of halogens is 1. The Morgan fingerprint density at radius 3 is 2.81 bits per heavy atom. The normalized spacial score (nSPS) is 12.2. The molecule has 1 aromatic carbocycles. The summed E-state index contributed by atoms with van der Waals surface area (Å²) in [6.45, 7) is 1.99. The van der Waals surface area contributed by atoms with Crippen molar-refractivity contribution in [2.24, 2.45) is 0 Å². The number of rotatable bonds is 4. The van der Waals surface area contributed by atoms with Gasteiger partial charge in [0, 0.05) is 18.5 Å². The van der Waals surface area contributed by atoms with Gasteiger partial charge in [-0.25, -0.2) is 0 Å². The lowest BCUT2D eigenvalue weighted by atomic mass is 10.1. The van der Waals surface area contributed by atoms with Crippen LogP contribution in [0.1, 0.15) is 24.9 Å². The third-order valence-corrected chi connectivity index (χ3v) is 3.09. The molecule has 0 fully saturated rings. The van der Waals surface area contributed by atoms with Gasteiger partial charge in [0.2, 0.25) is 5.91 Å². The summed E-state index contributed by atoms with van der Waals surface area (Å²) in [5.41, 5.74) is 1.04. The minimum Gasteiger partial charge on any atom is -0.339 e. The molecule has 88 valence electrons. The van der Waals surface area contributed by atoms with E-state index in [1.807, 2.05) is 31.2 Å². The van der Waals surface area contributed by atoms with Gasteiger partial charge in [-0.05, 0) is 30.4 Å². The number of benzene rings is 1. The number of thiol groups is 1. The summed E-state index contributed by atoms with van der Waals surface area (Å²) in [6.07, 6.45) is 0.463. The van der Waals surface area contributed by atoms with E-state index in [1.54, 1.807) is 11.9 Å². The Balaban J connectivity index is 2.77. The van der Waals surface area contributed by atoms with Crippen LogP contribution >= 0.6 is 24.2 Å². The predicted octanol–water partition coefficient (Wildman–Crippen LogP) is 3.18. The largest absolute Gasteiger partial charge is 0.339 e. The van der Waals surface area contributed by atoms with E-state index < -0.39 is 0 Å². The number of nitrogens with zero attached hydrogens (tertiary/aromatic N) is 1. The molecule has 0 saturated carbocycles. The fourth-order valence-electron chi connectivity index (χ4n) is 1.48. The molecule has 0 aromatic heterocycles. The van der Waals surface area contributed by atoms with Gasteiger partial charge in [-0.3, -0.25) is 4.79 Å². The van der Waals surface area contributed by atoms with Crippen LogP contribution in [0.25, 0.3) is 0 Å². The van der Waals surface area contributed by atoms with Crippen LogP contribution in [0.4, 0.5) is 0 Å². The first-order chi connectivity index (χ1) is 7.56. The molecule has 0 spiro atoms. The van der Waals surface area contributed by atoms with Gasteiger partial charge in [-0.1, -0.05) is 23.7 Å². The van der Waals surface area contributed by atoms with Crippen LogP contribution < -0.4 is 0 Å². The summed E-state index contributed by atoms with van der Waals surface area (Å²) in [4.78, 5) is 13.4. The highest BCUT2D eigenvalue weighted by atomic mass is 35.5. The number of carbonyl (C=O) groups excluding carboxylic acids is 1. The molecule has 0 radical (unpaired) electrons. The maximum Gasteiger partial charge on any atom is 0.223 e. The minimum absolute atomic E-state index is 0.0334. The smallest absolute Gasteiger partial charge is 0.223 e. The van der Waals surface area contributed by atoms with Crippen LogP contribution in [-0.2, 0) is 4.79 Å². The molecule has 0 aliphatic rings. The zero-order valence-corrected chi connectivity index (χ0v) is 11.1. The van der Waals surface area contributed by atoms with Crippen LogP contribution in [0.5, 0.6) is 0 Å². The van der Waals surface area contributed by atoms with E-state index in [0.29, 0.717) is 17.2 Å². The maximum atomic E-state index is 11.7. The molecule has 1 atom stereocenters. The SMILES string of the molecule is CC(c1cccc(Cl)c1)N(C)C(=O)CCS. The Morgan fingerprint density at radius 2 is 2.25 bits per heavy atom. The van der Waals surface area contributed by atoms with Gasteiger partial charge in [0.15, 0.2) is 0 Å². The first-order valence-electron chi connectivity index (χ1n) is 5.18. The van der Waals surface area contributed by atoms with Crippen molar-refractivity contribution < 1.29 is 4.79 Å². The summed E-state index contributed by atoms with van der Waals surface area (Å²) < 4.78 is 0. The molecule has 2 nitrogen and oxygen atoms in total. The first-order valence-corrected chi connectivity index (χ1v) is 6.19. The third-order valence-electron chi connectivity index (χ3n) is 2.63. The van der Waals surface area contributed by atoms with Crippen molar-refractivity contribution in [1.29, 1.82) is 0 Å². The van der Waals surface area contributed by atoms with Crippen LogP contribution in [0, 0.1) is 0 Å². The molecule has 0 bridgehead atoms. The lowest BCUT2D eigenvalue weighted by Crippen LogP contribution is -2.29. The van der Waals surface area contributed by atoms with Gasteiger partial charge in [0.25, 0.3) is 0 Å². The number of carbonyl (C=O) groups is 1. The molecular weight excluding hydrogens is 242 g/mol. The summed E-state index contributed by atoms with van der Waals surface area (Å²) in [5, 5.41) is 0.694. The number of hydrogen-bond acceptors (Lipinski definition) is 2. The Morgan fingerprint density at radius 1 is 1.56 bits per heavy atom. The van der Waals surface area contributed by atoms with Gasteiger partial charge >= 0.3 is 0 Å².